The minimum Gasteiger partial charge on any atom is -0.383 e. The molecule has 66 valence electrons. The van der Waals surface area contributed by atoms with E-state index in [0.717, 1.165) is 0 Å². The lowest BCUT2D eigenvalue weighted by Gasteiger charge is -2.40. The van der Waals surface area contributed by atoms with E-state index in [4.69, 9.17) is 15.2 Å². The Hall–Kier alpha value is -0.160. The standard InChI is InChI=1S/C7H15NO3/c1-2-10-3-6(8)7(9)4-11-5-7/h6,9H,2-5,8H2,1H3. The van der Waals surface area contributed by atoms with Crippen molar-refractivity contribution in [1.82, 2.24) is 0 Å². The van der Waals surface area contributed by atoms with Crippen molar-refractivity contribution < 1.29 is 14.6 Å². The summed E-state index contributed by atoms with van der Waals surface area (Å²) in [4.78, 5) is 0. The van der Waals surface area contributed by atoms with Crippen LogP contribution in [0.5, 0.6) is 0 Å². The van der Waals surface area contributed by atoms with Gasteiger partial charge in [0.25, 0.3) is 0 Å². The molecule has 0 spiro atoms. The molecule has 1 heterocycles. The van der Waals surface area contributed by atoms with Crippen LogP contribution in [0, 0.1) is 0 Å². The molecule has 1 rings (SSSR count). The van der Waals surface area contributed by atoms with Gasteiger partial charge in [-0.2, -0.15) is 0 Å². The molecule has 0 saturated carbocycles. The number of hydrogen-bond acceptors (Lipinski definition) is 4. The second kappa shape index (κ2) is 3.49. The van der Waals surface area contributed by atoms with Crippen LogP contribution in [0.3, 0.4) is 0 Å². The third kappa shape index (κ3) is 1.90. The van der Waals surface area contributed by atoms with Crippen molar-refractivity contribution in [1.29, 1.82) is 0 Å². The fraction of sp³-hybridized carbons (Fsp3) is 1.00. The number of nitrogens with two attached hydrogens (primary N) is 1. The van der Waals surface area contributed by atoms with Crippen molar-refractivity contribution in [3.05, 3.63) is 0 Å². The van der Waals surface area contributed by atoms with Gasteiger partial charge in [0.1, 0.15) is 5.60 Å². The van der Waals surface area contributed by atoms with Crippen LogP contribution in [0.15, 0.2) is 0 Å². The van der Waals surface area contributed by atoms with Crippen LogP contribution in [0.1, 0.15) is 6.92 Å². The monoisotopic (exact) mass is 161 g/mol. The predicted molar refractivity (Wildman–Crippen MR) is 40.2 cm³/mol. The molecule has 1 saturated heterocycles. The molecule has 1 fully saturated rings. The zero-order valence-corrected chi connectivity index (χ0v) is 6.75. The zero-order valence-electron chi connectivity index (χ0n) is 6.75. The minimum atomic E-state index is -0.838. The van der Waals surface area contributed by atoms with Gasteiger partial charge in [0.05, 0.1) is 25.9 Å². The Balaban J connectivity index is 2.22. The molecule has 0 bridgehead atoms. The van der Waals surface area contributed by atoms with Crippen LogP contribution in [0.25, 0.3) is 0 Å². The third-order valence-corrected chi connectivity index (χ3v) is 1.90. The Labute approximate surface area is 66.3 Å². The molecule has 0 aliphatic carbocycles. The number of ether oxygens (including phenoxy) is 2. The first-order valence-electron chi connectivity index (χ1n) is 3.82. The van der Waals surface area contributed by atoms with E-state index >= 15 is 0 Å². The largest absolute Gasteiger partial charge is 0.383 e. The van der Waals surface area contributed by atoms with Gasteiger partial charge in [-0.25, -0.2) is 0 Å². The Morgan fingerprint density at radius 3 is 2.73 bits per heavy atom. The van der Waals surface area contributed by atoms with Gasteiger partial charge in [0, 0.05) is 6.61 Å². The van der Waals surface area contributed by atoms with Gasteiger partial charge >= 0.3 is 0 Å². The smallest absolute Gasteiger partial charge is 0.128 e. The molecular formula is C7H15NO3. The summed E-state index contributed by atoms with van der Waals surface area (Å²) in [5.74, 6) is 0. The van der Waals surface area contributed by atoms with Gasteiger partial charge in [0.15, 0.2) is 0 Å². The number of rotatable bonds is 4. The summed E-state index contributed by atoms with van der Waals surface area (Å²) in [6.45, 7) is 3.59. The fourth-order valence-corrected chi connectivity index (χ4v) is 0.925. The quantitative estimate of drug-likeness (QED) is 0.561. The van der Waals surface area contributed by atoms with Gasteiger partial charge in [-0.15, -0.1) is 0 Å². The first-order valence-corrected chi connectivity index (χ1v) is 3.82. The summed E-state index contributed by atoms with van der Waals surface area (Å²) in [6.07, 6.45) is 0. The molecule has 0 aromatic carbocycles. The first kappa shape index (κ1) is 8.93. The Bertz CT molecular complexity index is 125. The first-order chi connectivity index (χ1) is 5.19. The summed E-state index contributed by atoms with van der Waals surface area (Å²) in [5.41, 5.74) is 4.81. The van der Waals surface area contributed by atoms with Crippen molar-refractivity contribution >= 4 is 0 Å². The summed E-state index contributed by atoms with van der Waals surface area (Å²) < 4.78 is 9.93. The van der Waals surface area contributed by atoms with Crippen LogP contribution >= 0.6 is 0 Å². The van der Waals surface area contributed by atoms with Gasteiger partial charge in [-0.05, 0) is 6.92 Å². The van der Waals surface area contributed by atoms with E-state index in [1.54, 1.807) is 0 Å². The highest BCUT2D eigenvalue weighted by Gasteiger charge is 2.42. The van der Waals surface area contributed by atoms with E-state index in [2.05, 4.69) is 0 Å². The molecular weight excluding hydrogens is 146 g/mol. The number of hydrogen-bond donors (Lipinski definition) is 2. The fourth-order valence-electron chi connectivity index (χ4n) is 0.925. The van der Waals surface area contributed by atoms with Gasteiger partial charge in [0.2, 0.25) is 0 Å². The van der Waals surface area contributed by atoms with E-state index in [1.165, 1.54) is 0 Å². The lowest BCUT2D eigenvalue weighted by atomic mass is 9.94. The molecule has 4 heteroatoms. The van der Waals surface area contributed by atoms with E-state index in [9.17, 15) is 5.11 Å². The Morgan fingerprint density at radius 1 is 1.73 bits per heavy atom. The highest BCUT2D eigenvalue weighted by molar-refractivity contribution is 4.94. The number of aliphatic hydroxyl groups is 1. The van der Waals surface area contributed by atoms with Crippen molar-refractivity contribution in [2.45, 2.75) is 18.6 Å². The van der Waals surface area contributed by atoms with Crippen LogP contribution in [0.2, 0.25) is 0 Å². The average Bonchev–Trinajstić information content (AvgIpc) is 1.95. The van der Waals surface area contributed by atoms with Crippen molar-refractivity contribution in [3.63, 3.8) is 0 Å². The molecule has 0 aromatic rings. The van der Waals surface area contributed by atoms with Crippen LogP contribution < -0.4 is 5.73 Å². The SMILES string of the molecule is CCOCC(N)C1(O)COC1. The zero-order chi connectivity index (χ0) is 8.32. The van der Waals surface area contributed by atoms with Crippen molar-refractivity contribution in [2.75, 3.05) is 26.4 Å². The molecule has 3 N–H and O–H groups in total. The molecule has 0 aromatic heterocycles. The second-order valence-corrected chi connectivity index (χ2v) is 2.86. The van der Waals surface area contributed by atoms with Crippen LogP contribution in [0.4, 0.5) is 0 Å². The van der Waals surface area contributed by atoms with Gasteiger partial charge in [-0.3, -0.25) is 0 Å². The maximum absolute atomic E-state index is 9.58. The normalized spacial score (nSPS) is 24.3. The molecule has 11 heavy (non-hydrogen) atoms. The summed E-state index contributed by atoms with van der Waals surface area (Å²) in [5, 5.41) is 9.58. The van der Waals surface area contributed by atoms with E-state index < -0.39 is 5.60 Å². The second-order valence-electron chi connectivity index (χ2n) is 2.86. The topological polar surface area (TPSA) is 64.7 Å². The minimum absolute atomic E-state index is 0.323. The molecule has 1 atom stereocenters. The summed E-state index contributed by atoms with van der Waals surface area (Å²) in [6, 6.07) is -0.323. The molecule has 0 radical (unpaired) electrons. The maximum Gasteiger partial charge on any atom is 0.128 e. The van der Waals surface area contributed by atoms with Gasteiger partial charge in [-0.1, -0.05) is 0 Å². The molecule has 1 aliphatic heterocycles. The van der Waals surface area contributed by atoms with Crippen LogP contribution in [-0.4, -0.2) is 43.2 Å². The van der Waals surface area contributed by atoms with E-state index in [-0.39, 0.29) is 6.04 Å². The average molecular weight is 161 g/mol. The Morgan fingerprint density at radius 2 is 2.36 bits per heavy atom. The maximum atomic E-state index is 9.58. The van der Waals surface area contributed by atoms with Crippen molar-refractivity contribution in [2.24, 2.45) is 5.73 Å². The van der Waals surface area contributed by atoms with Crippen molar-refractivity contribution in [3.8, 4) is 0 Å². The van der Waals surface area contributed by atoms with Crippen LogP contribution in [-0.2, 0) is 9.47 Å². The highest BCUT2D eigenvalue weighted by atomic mass is 16.5. The lowest BCUT2D eigenvalue weighted by molar-refractivity contribution is -0.195. The summed E-state index contributed by atoms with van der Waals surface area (Å²) in [7, 11) is 0. The summed E-state index contributed by atoms with van der Waals surface area (Å²) >= 11 is 0. The Kier molecular flexibility index (Phi) is 2.84. The predicted octanol–water partition coefficient (Wildman–Crippen LogP) is -0.888. The van der Waals surface area contributed by atoms with Gasteiger partial charge < -0.3 is 20.3 Å². The molecule has 0 amide bonds. The highest BCUT2D eigenvalue weighted by Crippen LogP contribution is 2.19. The lowest BCUT2D eigenvalue weighted by Crippen LogP contribution is -2.63. The third-order valence-electron chi connectivity index (χ3n) is 1.90. The van der Waals surface area contributed by atoms with E-state index in [1.807, 2.05) is 6.92 Å². The van der Waals surface area contributed by atoms with E-state index in [0.29, 0.717) is 26.4 Å². The molecule has 1 aliphatic rings. The molecule has 4 nitrogen and oxygen atoms in total. The molecule has 1 unspecified atom stereocenters.